The zero-order valence-electron chi connectivity index (χ0n) is 22.3. The minimum atomic E-state index is -0.631. The second-order valence-corrected chi connectivity index (χ2v) is 10.6. The Balaban J connectivity index is 1.20. The molecule has 0 saturated carbocycles. The zero-order valence-corrected chi connectivity index (χ0v) is 22.3. The molecule has 0 aliphatic carbocycles. The van der Waals surface area contributed by atoms with E-state index in [0.717, 1.165) is 59.4 Å². The van der Waals surface area contributed by atoms with Gasteiger partial charge in [-0.2, -0.15) is 0 Å². The van der Waals surface area contributed by atoms with E-state index in [4.69, 9.17) is 9.72 Å². The van der Waals surface area contributed by atoms with Gasteiger partial charge < -0.3 is 19.9 Å². The molecule has 0 bridgehead atoms. The summed E-state index contributed by atoms with van der Waals surface area (Å²) in [7, 11) is 1.48. The Kier molecular flexibility index (Phi) is 6.29. The van der Waals surface area contributed by atoms with Crippen molar-refractivity contribution >= 4 is 11.7 Å². The van der Waals surface area contributed by atoms with Crippen molar-refractivity contribution in [2.24, 2.45) is 0 Å². The van der Waals surface area contributed by atoms with Crippen molar-refractivity contribution in [2.45, 2.75) is 44.6 Å². The fourth-order valence-corrected chi connectivity index (χ4v) is 5.84. The molecule has 2 aliphatic rings. The van der Waals surface area contributed by atoms with Crippen LogP contribution in [0.15, 0.2) is 55.1 Å². The largest absolute Gasteiger partial charge is 0.481 e. The number of hydrogen-bond donors (Lipinski definition) is 2. The number of rotatable bonds is 5. The average molecular weight is 527 g/mol. The molecule has 1 aromatic carbocycles. The first-order valence-corrected chi connectivity index (χ1v) is 13.2. The lowest BCUT2D eigenvalue weighted by Crippen LogP contribution is -2.46. The van der Waals surface area contributed by atoms with Gasteiger partial charge in [-0.15, -0.1) is 0 Å². The SMILES string of the molecule is COc1cc([C@@H](C)C(=O)N2CC[C@@]3(CCc4cc(-c5cccc(-c6cnc[nH]6)c5)c(C)nc4N3)C2)c(F)cn1. The second kappa shape index (κ2) is 9.80. The van der Waals surface area contributed by atoms with Gasteiger partial charge in [0.05, 0.1) is 43.0 Å². The van der Waals surface area contributed by atoms with E-state index in [1.54, 1.807) is 13.3 Å². The van der Waals surface area contributed by atoms with E-state index in [-0.39, 0.29) is 11.4 Å². The first kappa shape index (κ1) is 25.0. The van der Waals surface area contributed by atoms with Gasteiger partial charge in [-0.3, -0.25) is 4.79 Å². The molecule has 2 atom stereocenters. The maximum absolute atomic E-state index is 14.5. The number of aromatic amines is 1. The van der Waals surface area contributed by atoms with E-state index < -0.39 is 11.7 Å². The van der Waals surface area contributed by atoms with Crippen LogP contribution in [0.25, 0.3) is 22.4 Å². The van der Waals surface area contributed by atoms with E-state index in [1.165, 1.54) is 18.7 Å². The van der Waals surface area contributed by atoms with E-state index in [0.29, 0.717) is 24.5 Å². The third-order valence-corrected chi connectivity index (χ3v) is 8.10. The lowest BCUT2D eigenvalue weighted by atomic mass is 9.85. The van der Waals surface area contributed by atoms with Crippen molar-refractivity contribution in [1.29, 1.82) is 0 Å². The topological polar surface area (TPSA) is 96.0 Å². The van der Waals surface area contributed by atoms with Gasteiger partial charge in [0.1, 0.15) is 11.6 Å². The maximum Gasteiger partial charge on any atom is 0.230 e. The summed E-state index contributed by atoms with van der Waals surface area (Å²) in [5.74, 6) is -0.0414. The summed E-state index contributed by atoms with van der Waals surface area (Å²) in [6.07, 6.45) is 7.20. The second-order valence-electron chi connectivity index (χ2n) is 10.6. The summed E-state index contributed by atoms with van der Waals surface area (Å²) in [5, 5.41) is 3.70. The van der Waals surface area contributed by atoms with Crippen LogP contribution in [0.2, 0.25) is 0 Å². The molecule has 8 nitrogen and oxygen atoms in total. The monoisotopic (exact) mass is 526 g/mol. The van der Waals surface area contributed by atoms with Crippen LogP contribution in [0.1, 0.15) is 42.5 Å². The zero-order chi connectivity index (χ0) is 27.1. The van der Waals surface area contributed by atoms with Crippen LogP contribution in [0.4, 0.5) is 10.2 Å². The van der Waals surface area contributed by atoms with Gasteiger partial charge >= 0.3 is 0 Å². The van der Waals surface area contributed by atoms with Gasteiger partial charge in [0.25, 0.3) is 0 Å². The van der Waals surface area contributed by atoms with Crippen LogP contribution < -0.4 is 10.1 Å². The van der Waals surface area contributed by atoms with Crippen molar-refractivity contribution < 1.29 is 13.9 Å². The number of benzene rings is 1. The molecular formula is C30H31FN6O2. The normalized spacial score (nSPS) is 19.0. The first-order valence-electron chi connectivity index (χ1n) is 13.2. The molecule has 200 valence electrons. The molecule has 0 radical (unpaired) electrons. The Hall–Kier alpha value is -4.27. The van der Waals surface area contributed by atoms with Crippen molar-refractivity contribution in [2.75, 3.05) is 25.5 Å². The number of pyridine rings is 2. The van der Waals surface area contributed by atoms with Gasteiger partial charge in [-0.1, -0.05) is 18.2 Å². The average Bonchev–Trinajstić information content (AvgIpc) is 3.63. The number of nitrogens with zero attached hydrogens (tertiary/aromatic N) is 4. The van der Waals surface area contributed by atoms with Crippen molar-refractivity contribution in [1.82, 2.24) is 24.8 Å². The minimum absolute atomic E-state index is 0.0942. The molecule has 2 aliphatic heterocycles. The van der Waals surface area contributed by atoms with Crippen molar-refractivity contribution in [3.05, 3.63) is 77.8 Å². The smallest absolute Gasteiger partial charge is 0.230 e. The number of ether oxygens (including phenoxy) is 1. The summed E-state index contributed by atoms with van der Waals surface area (Å²) in [6, 6.07) is 12.1. The molecule has 9 heteroatoms. The van der Waals surface area contributed by atoms with Gasteiger partial charge in [0.15, 0.2) is 0 Å². The number of likely N-dealkylation sites (tertiary alicyclic amines) is 1. The standard InChI is InChI=1S/C30H31FN6O2/c1-18(23-13-27(39-3)33-14-25(23)31)29(38)37-10-9-30(16-37)8-7-22-12-24(19(2)35-28(22)36-30)20-5-4-6-21(11-20)26-15-32-17-34-26/h4-6,11-15,17-18H,7-10,16H2,1-3H3,(H,32,34)(H,35,36)/t18-,30+/m1/s1. The van der Waals surface area contributed by atoms with E-state index in [1.807, 2.05) is 18.0 Å². The van der Waals surface area contributed by atoms with Crippen LogP contribution in [0, 0.1) is 12.7 Å². The highest BCUT2D eigenvalue weighted by atomic mass is 19.1. The molecule has 6 rings (SSSR count). The van der Waals surface area contributed by atoms with Crippen LogP contribution in [-0.4, -0.2) is 56.5 Å². The number of hydrogen-bond acceptors (Lipinski definition) is 6. The predicted molar refractivity (Wildman–Crippen MR) is 147 cm³/mol. The lowest BCUT2D eigenvalue weighted by Gasteiger charge is -2.36. The molecule has 4 aromatic rings. The van der Waals surface area contributed by atoms with Gasteiger partial charge in [0, 0.05) is 41.5 Å². The number of anilines is 1. The Bertz CT molecular complexity index is 1540. The molecule has 2 N–H and O–H groups in total. The van der Waals surface area contributed by atoms with E-state index in [2.05, 4.69) is 50.6 Å². The number of carbonyl (C=O) groups is 1. The number of nitrogens with one attached hydrogen (secondary N) is 2. The number of aryl methyl sites for hydroxylation is 2. The summed E-state index contributed by atoms with van der Waals surface area (Å²) in [6.45, 7) is 4.95. The van der Waals surface area contributed by atoms with Crippen molar-refractivity contribution in [3.63, 3.8) is 0 Å². The quantitative estimate of drug-likeness (QED) is 0.375. The molecular weight excluding hydrogens is 495 g/mol. The number of H-pyrrole nitrogens is 1. The molecule has 39 heavy (non-hydrogen) atoms. The molecule has 3 aromatic heterocycles. The number of methoxy groups -OCH3 is 1. The molecule has 1 saturated heterocycles. The van der Waals surface area contributed by atoms with Gasteiger partial charge in [-0.05, 0) is 56.4 Å². The van der Waals surface area contributed by atoms with Crippen LogP contribution in [0.5, 0.6) is 5.88 Å². The number of imidazole rings is 1. The van der Waals surface area contributed by atoms with Gasteiger partial charge in [-0.25, -0.2) is 19.3 Å². The maximum atomic E-state index is 14.5. The molecule has 0 unspecified atom stereocenters. The molecule has 5 heterocycles. The number of aromatic nitrogens is 4. The number of fused-ring (bicyclic) bond motifs is 1. The Morgan fingerprint density at radius 3 is 2.82 bits per heavy atom. The van der Waals surface area contributed by atoms with Gasteiger partial charge in [0.2, 0.25) is 11.8 Å². The summed E-state index contributed by atoms with van der Waals surface area (Å²) in [5.41, 5.74) is 6.47. The Morgan fingerprint density at radius 1 is 1.18 bits per heavy atom. The van der Waals surface area contributed by atoms with E-state index >= 15 is 0 Å². The highest BCUT2D eigenvalue weighted by Crippen LogP contribution is 2.39. The third kappa shape index (κ3) is 4.62. The highest BCUT2D eigenvalue weighted by Gasteiger charge is 2.43. The lowest BCUT2D eigenvalue weighted by molar-refractivity contribution is -0.131. The van der Waals surface area contributed by atoms with Crippen LogP contribution in [0.3, 0.4) is 0 Å². The molecule has 1 spiro atoms. The first-order chi connectivity index (χ1) is 18.9. The number of amides is 1. The fraction of sp³-hybridized carbons (Fsp3) is 0.333. The Labute approximate surface area is 226 Å². The van der Waals surface area contributed by atoms with E-state index in [9.17, 15) is 9.18 Å². The third-order valence-electron chi connectivity index (χ3n) is 8.10. The fourth-order valence-electron chi connectivity index (χ4n) is 5.84. The van der Waals surface area contributed by atoms with Crippen LogP contribution >= 0.6 is 0 Å². The number of carbonyl (C=O) groups excluding carboxylic acids is 1. The van der Waals surface area contributed by atoms with Crippen LogP contribution in [-0.2, 0) is 11.2 Å². The highest BCUT2D eigenvalue weighted by molar-refractivity contribution is 5.84. The summed E-state index contributed by atoms with van der Waals surface area (Å²) >= 11 is 0. The van der Waals surface area contributed by atoms with Crippen molar-refractivity contribution in [3.8, 4) is 28.3 Å². The predicted octanol–water partition coefficient (Wildman–Crippen LogP) is 5.12. The summed E-state index contributed by atoms with van der Waals surface area (Å²) < 4.78 is 19.6. The molecule has 1 amide bonds. The summed E-state index contributed by atoms with van der Waals surface area (Å²) in [4.78, 5) is 31.4. The minimum Gasteiger partial charge on any atom is -0.481 e. The Morgan fingerprint density at radius 2 is 2.03 bits per heavy atom. The molecule has 1 fully saturated rings. The number of halogens is 1.